The minimum atomic E-state index is -0.398. The first-order chi connectivity index (χ1) is 9.51. The number of hydrogen-bond donors (Lipinski definition) is 1. The molecule has 0 aromatic heterocycles. The van der Waals surface area contributed by atoms with Gasteiger partial charge in [-0.15, -0.1) is 0 Å². The highest BCUT2D eigenvalue weighted by Gasteiger charge is 2.11. The summed E-state index contributed by atoms with van der Waals surface area (Å²) in [4.78, 5) is 0. The Balaban J connectivity index is 2.23. The second-order valence-electron chi connectivity index (χ2n) is 4.72. The summed E-state index contributed by atoms with van der Waals surface area (Å²) in [6.45, 7) is 3.83. The van der Waals surface area contributed by atoms with Gasteiger partial charge in [0.1, 0.15) is 5.82 Å². The Kier molecular flexibility index (Phi) is 4.23. The maximum Gasteiger partial charge on any atom is 0.165 e. The van der Waals surface area contributed by atoms with Crippen LogP contribution in [0.5, 0.6) is 5.75 Å². The number of anilines is 1. The summed E-state index contributed by atoms with van der Waals surface area (Å²) in [6.07, 6.45) is 0. The van der Waals surface area contributed by atoms with Crippen molar-refractivity contribution in [2.75, 3.05) is 12.4 Å². The van der Waals surface area contributed by atoms with Gasteiger partial charge in [-0.25, -0.2) is 8.78 Å². The van der Waals surface area contributed by atoms with E-state index in [1.165, 1.54) is 25.3 Å². The molecule has 2 nitrogen and oxygen atoms in total. The van der Waals surface area contributed by atoms with Crippen LogP contribution in [-0.4, -0.2) is 7.11 Å². The zero-order valence-electron chi connectivity index (χ0n) is 11.7. The van der Waals surface area contributed by atoms with Gasteiger partial charge in [-0.2, -0.15) is 0 Å². The van der Waals surface area contributed by atoms with E-state index in [0.717, 1.165) is 16.8 Å². The molecule has 1 N–H and O–H groups in total. The van der Waals surface area contributed by atoms with Crippen LogP contribution in [0.1, 0.15) is 24.1 Å². The SMILES string of the molecule is COc1cc(C(C)Nc2cc(F)ccc2C)ccc1F. The van der Waals surface area contributed by atoms with Gasteiger partial charge in [-0.1, -0.05) is 12.1 Å². The third-order valence-electron chi connectivity index (χ3n) is 3.25. The molecule has 1 atom stereocenters. The van der Waals surface area contributed by atoms with E-state index in [4.69, 9.17) is 4.74 Å². The Morgan fingerprint density at radius 2 is 1.85 bits per heavy atom. The third kappa shape index (κ3) is 3.07. The monoisotopic (exact) mass is 277 g/mol. The van der Waals surface area contributed by atoms with Gasteiger partial charge in [0.25, 0.3) is 0 Å². The number of benzene rings is 2. The lowest BCUT2D eigenvalue weighted by atomic mass is 10.1. The normalized spacial score (nSPS) is 12.1. The van der Waals surface area contributed by atoms with Gasteiger partial charge < -0.3 is 10.1 Å². The van der Waals surface area contributed by atoms with Crippen molar-refractivity contribution in [3.63, 3.8) is 0 Å². The molecule has 0 spiro atoms. The Hall–Kier alpha value is -2.10. The van der Waals surface area contributed by atoms with E-state index in [1.807, 2.05) is 13.8 Å². The van der Waals surface area contributed by atoms with Crippen LogP contribution in [0.2, 0.25) is 0 Å². The maximum absolute atomic E-state index is 13.4. The molecule has 0 aliphatic heterocycles. The summed E-state index contributed by atoms with van der Waals surface area (Å²) in [5.74, 6) is -0.487. The molecular weight excluding hydrogens is 260 g/mol. The van der Waals surface area contributed by atoms with Crippen LogP contribution in [0.3, 0.4) is 0 Å². The average Bonchev–Trinajstić information content (AvgIpc) is 2.43. The standard InChI is InChI=1S/C16H17F2NO/c1-10-4-6-13(17)9-15(10)19-11(2)12-5-7-14(18)16(8-12)20-3/h4-9,11,19H,1-3H3. The molecule has 0 amide bonds. The van der Waals surface area contributed by atoms with E-state index in [1.54, 1.807) is 18.2 Å². The smallest absolute Gasteiger partial charge is 0.165 e. The van der Waals surface area contributed by atoms with Crippen molar-refractivity contribution in [2.24, 2.45) is 0 Å². The van der Waals surface area contributed by atoms with Crippen molar-refractivity contribution in [2.45, 2.75) is 19.9 Å². The van der Waals surface area contributed by atoms with Crippen LogP contribution in [0.4, 0.5) is 14.5 Å². The minimum absolute atomic E-state index is 0.0926. The van der Waals surface area contributed by atoms with Crippen molar-refractivity contribution in [3.05, 3.63) is 59.2 Å². The van der Waals surface area contributed by atoms with E-state index in [2.05, 4.69) is 5.32 Å². The molecule has 0 heterocycles. The van der Waals surface area contributed by atoms with E-state index < -0.39 is 5.82 Å². The van der Waals surface area contributed by atoms with Crippen molar-refractivity contribution in [1.29, 1.82) is 0 Å². The zero-order chi connectivity index (χ0) is 14.7. The lowest BCUT2D eigenvalue weighted by molar-refractivity contribution is 0.385. The highest BCUT2D eigenvalue weighted by Crippen LogP contribution is 2.26. The van der Waals surface area contributed by atoms with Gasteiger partial charge in [-0.05, 0) is 49.2 Å². The van der Waals surface area contributed by atoms with E-state index in [9.17, 15) is 8.78 Å². The van der Waals surface area contributed by atoms with Crippen molar-refractivity contribution < 1.29 is 13.5 Å². The molecule has 20 heavy (non-hydrogen) atoms. The molecule has 4 heteroatoms. The topological polar surface area (TPSA) is 21.3 Å². The van der Waals surface area contributed by atoms with Crippen LogP contribution in [0, 0.1) is 18.6 Å². The number of halogens is 2. The predicted molar refractivity (Wildman–Crippen MR) is 76.1 cm³/mol. The van der Waals surface area contributed by atoms with Crippen LogP contribution >= 0.6 is 0 Å². The zero-order valence-corrected chi connectivity index (χ0v) is 11.7. The summed E-state index contributed by atoms with van der Waals surface area (Å²) in [7, 11) is 1.43. The van der Waals surface area contributed by atoms with Crippen molar-refractivity contribution in [1.82, 2.24) is 0 Å². The molecule has 0 saturated heterocycles. The molecular formula is C16H17F2NO. The van der Waals surface area contributed by atoms with Gasteiger partial charge in [0.2, 0.25) is 0 Å². The van der Waals surface area contributed by atoms with Crippen LogP contribution < -0.4 is 10.1 Å². The fourth-order valence-electron chi connectivity index (χ4n) is 2.01. The van der Waals surface area contributed by atoms with Gasteiger partial charge in [0.15, 0.2) is 11.6 Å². The molecule has 0 saturated carbocycles. The van der Waals surface area contributed by atoms with Crippen LogP contribution in [0.25, 0.3) is 0 Å². The Labute approximate surface area is 117 Å². The van der Waals surface area contributed by atoms with E-state index in [-0.39, 0.29) is 17.6 Å². The molecule has 106 valence electrons. The molecule has 2 rings (SSSR count). The lowest BCUT2D eigenvalue weighted by Crippen LogP contribution is -2.08. The second kappa shape index (κ2) is 5.90. The van der Waals surface area contributed by atoms with Crippen molar-refractivity contribution in [3.8, 4) is 5.75 Å². The predicted octanol–water partition coefficient (Wildman–Crippen LogP) is 4.45. The highest BCUT2D eigenvalue weighted by molar-refractivity contribution is 5.52. The van der Waals surface area contributed by atoms with Gasteiger partial charge in [0.05, 0.1) is 7.11 Å². The quantitative estimate of drug-likeness (QED) is 0.891. The fourth-order valence-corrected chi connectivity index (χ4v) is 2.01. The molecule has 1 unspecified atom stereocenters. The number of rotatable bonds is 4. The summed E-state index contributed by atoms with van der Waals surface area (Å²) in [5.41, 5.74) is 2.54. The van der Waals surface area contributed by atoms with Crippen LogP contribution in [0.15, 0.2) is 36.4 Å². The first-order valence-electron chi connectivity index (χ1n) is 6.37. The fraction of sp³-hybridized carbons (Fsp3) is 0.250. The first kappa shape index (κ1) is 14.3. The van der Waals surface area contributed by atoms with E-state index >= 15 is 0 Å². The first-order valence-corrected chi connectivity index (χ1v) is 6.37. The Morgan fingerprint density at radius 1 is 1.10 bits per heavy atom. The molecule has 0 fully saturated rings. The number of hydrogen-bond acceptors (Lipinski definition) is 2. The molecule has 2 aromatic carbocycles. The third-order valence-corrected chi connectivity index (χ3v) is 3.25. The van der Waals surface area contributed by atoms with Crippen LogP contribution in [-0.2, 0) is 0 Å². The second-order valence-corrected chi connectivity index (χ2v) is 4.72. The number of aryl methyl sites for hydroxylation is 1. The molecule has 0 bridgehead atoms. The van der Waals surface area contributed by atoms with Gasteiger partial charge in [-0.3, -0.25) is 0 Å². The minimum Gasteiger partial charge on any atom is -0.494 e. The molecule has 0 radical (unpaired) electrons. The van der Waals surface area contributed by atoms with Gasteiger partial charge >= 0.3 is 0 Å². The summed E-state index contributed by atoms with van der Waals surface area (Å²) < 4.78 is 31.6. The summed E-state index contributed by atoms with van der Waals surface area (Å²) >= 11 is 0. The lowest BCUT2D eigenvalue weighted by Gasteiger charge is -2.18. The number of nitrogens with one attached hydrogen (secondary N) is 1. The molecule has 0 aliphatic carbocycles. The number of ether oxygens (including phenoxy) is 1. The molecule has 0 aliphatic rings. The van der Waals surface area contributed by atoms with E-state index in [0.29, 0.717) is 0 Å². The highest BCUT2D eigenvalue weighted by atomic mass is 19.1. The number of methoxy groups -OCH3 is 1. The van der Waals surface area contributed by atoms with Gasteiger partial charge in [0, 0.05) is 11.7 Å². The Morgan fingerprint density at radius 3 is 2.55 bits per heavy atom. The summed E-state index contributed by atoms with van der Waals surface area (Å²) in [5, 5.41) is 3.22. The molecule has 2 aromatic rings. The maximum atomic E-state index is 13.4. The largest absolute Gasteiger partial charge is 0.494 e. The Bertz CT molecular complexity index is 613. The summed E-state index contributed by atoms with van der Waals surface area (Å²) in [6, 6.07) is 9.19. The average molecular weight is 277 g/mol. The van der Waals surface area contributed by atoms with Crippen molar-refractivity contribution >= 4 is 5.69 Å².